The first kappa shape index (κ1) is 21.2. The molecule has 160 valence electrons. The highest BCUT2D eigenvalue weighted by atomic mass is 14.4. The summed E-state index contributed by atoms with van der Waals surface area (Å²) in [5.41, 5.74) is 5.06. The third-order valence-corrected chi connectivity index (χ3v) is 8.62. The lowest BCUT2D eigenvalue weighted by atomic mass is 9.63. The first-order chi connectivity index (χ1) is 14.3. The van der Waals surface area contributed by atoms with Gasteiger partial charge in [-0.3, -0.25) is 0 Å². The van der Waals surface area contributed by atoms with Crippen LogP contribution in [0.5, 0.6) is 0 Å². The van der Waals surface area contributed by atoms with E-state index >= 15 is 0 Å². The molecule has 1 aromatic carbocycles. The summed E-state index contributed by atoms with van der Waals surface area (Å²) >= 11 is 0. The molecule has 0 aliphatic heterocycles. The van der Waals surface area contributed by atoms with Crippen LogP contribution in [0.1, 0.15) is 114 Å². The molecule has 3 aliphatic rings. The fourth-order valence-corrected chi connectivity index (χ4v) is 6.89. The van der Waals surface area contributed by atoms with Crippen molar-refractivity contribution in [2.24, 2.45) is 23.7 Å². The summed E-state index contributed by atoms with van der Waals surface area (Å²) in [6.07, 6.45) is 24.7. The van der Waals surface area contributed by atoms with Gasteiger partial charge in [0.2, 0.25) is 0 Å². The minimum atomic E-state index is 0.839. The van der Waals surface area contributed by atoms with E-state index < -0.39 is 0 Å². The fraction of sp³-hybridized carbons (Fsp3) is 0.724. The Hall–Kier alpha value is -1.04. The molecule has 5 unspecified atom stereocenters. The Morgan fingerprint density at radius 1 is 0.897 bits per heavy atom. The SMILES string of the molecule is C/C=C/C1CCC2CC(c3ccc4c(c3)CCC(CCCCCC)C4)CCC2C1. The van der Waals surface area contributed by atoms with Crippen LogP contribution in [0.15, 0.2) is 30.4 Å². The van der Waals surface area contributed by atoms with Gasteiger partial charge >= 0.3 is 0 Å². The van der Waals surface area contributed by atoms with E-state index in [0.29, 0.717) is 0 Å². The predicted octanol–water partition coefficient (Wildman–Crippen LogP) is 8.64. The quantitative estimate of drug-likeness (QED) is 0.322. The summed E-state index contributed by atoms with van der Waals surface area (Å²) in [5, 5.41) is 0. The molecule has 0 bridgehead atoms. The molecule has 0 N–H and O–H groups in total. The van der Waals surface area contributed by atoms with Crippen LogP contribution >= 0.6 is 0 Å². The number of hydrogen-bond acceptors (Lipinski definition) is 0. The van der Waals surface area contributed by atoms with Gasteiger partial charge < -0.3 is 0 Å². The zero-order valence-electron chi connectivity index (χ0n) is 19.2. The van der Waals surface area contributed by atoms with E-state index in [0.717, 1.165) is 29.6 Å². The van der Waals surface area contributed by atoms with Gasteiger partial charge in [0.15, 0.2) is 0 Å². The molecule has 3 aliphatic carbocycles. The maximum Gasteiger partial charge on any atom is -0.0159 e. The monoisotopic (exact) mass is 392 g/mol. The van der Waals surface area contributed by atoms with Gasteiger partial charge in [0.25, 0.3) is 0 Å². The standard InChI is InChI=1S/C29H44/c1-3-5-6-7-9-23-11-13-27-21-29(17-15-25(27)19-23)28-16-14-24-18-22(8-4-2)10-12-26(24)20-28/h4,8,15,17,21-24,26,28H,3,5-7,9-14,16,18-20H2,1-2H3/b8-4+. The molecule has 4 rings (SSSR count). The Morgan fingerprint density at radius 3 is 2.62 bits per heavy atom. The van der Waals surface area contributed by atoms with Crippen molar-refractivity contribution in [1.82, 2.24) is 0 Å². The smallest absolute Gasteiger partial charge is 0.0159 e. The number of unbranched alkanes of at least 4 members (excludes halogenated alkanes) is 3. The van der Waals surface area contributed by atoms with Crippen LogP contribution < -0.4 is 0 Å². The van der Waals surface area contributed by atoms with Crippen LogP contribution in [0.3, 0.4) is 0 Å². The van der Waals surface area contributed by atoms with Gasteiger partial charge in [-0.25, -0.2) is 0 Å². The number of hydrogen-bond donors (Lipinski definition) is 0. The summed E-state index contributed by atoms with van der Waals surface area (Å²) < 4.78 is 0. The topological polar surface area (TPSA) is 0 Å². The highest BCUT2D eigenvalue weighted by Gasteiger charge is 2.35. The Morgan fingerprint density at radius 2 is 1.76 bits per heavy atom. The van der Waals surface area contributed by atoms with Gasteiger partial charge in [-0.05, 0) is 111 Å². The van der Waals surface area contributed by atoms with E-state index in [4.69, 9.17) is 0 Å². The van der Waals surface area contributed by atoms with E-state index in [1.807, 2.05) is 0 Å². The molecular formula is C29H44. The molecule has 0 spiro atoms. The van der Waals surface area contributed by atoms with E-state index in [2.05, 4.69) is 44.2 Å². The number of aryl methyl sites for hydroxylation is 1. The predicted molar refractivity (Wildman–Crippen MR) is 126 cm³/mol. The van der Waals surface area contributed by atoms with E-state index in [1.165, 1.54) is 89.9 Å². The minimum Gasteiger partial charge on any atom is -0.0914 e. The van der Waals surface area contributed by atoms with E-state index in [9.17, 15) is 0 Å². The Bertz CT molecular complexity index is 669. The van der Waals surface area contributed by atoms with Gasteiger partial charge in [0, 0.05) is 0 Å². The van der Waals surface area contributed by atoms with Crippen LogP contribution in [-0.2, 0) is 12.8 Å². The molecule has 0 radical (unpaired) electrons. The summed E-state index contributed by atoms with van der Waals surface area (Å²) in [7, 11) is 0. The highest BCUT2D eigenvalue weighted by Crippen LogP contribution is 2.48. The molecule has 1 aromatic rings. The van der Waals surface area contributed by atoms with Crippen molar-refractivity contribution in [3.05, 3.63) is 47.0 Å². The molecule has 0 aromatic heterocycles. The highest BCUT2D eigenvalue weighted by molar-refractivity contribution is 5.36. The molecule has 29 heavy (non-hydrogen) atoms. The lowest BCUT2D eigenvalue weighted by Gasteiger charge is -2.42. The third kappa shape index (κ3) is 5.36. The Balaban J connectivity index is 1.32. The molecule has 5 atom stereocenters. The zero-order chi connectivity index (χ0) is 20.1. The molecule has 2 saturated carbocycles. The number of benzene rings is 1. The Kier molecular flexibility index (Phi) is 7.54. The summed E-state index contributed by atoms with van der Waals surface area (Å²) in [6.45, 7) is 4.50. The first-order valence-corrected chi connectivity index (χ1v) is 13.0. The van der Waals surface area contributed by atoms with Crippen molar-refractivity contribution in [1.29, 1.82) is 0 Å². The van der Waals surface area contributed by atoms with Crippen LogP contribution in [0.25, 0.3) is 0 Å². The third-order valence-electron chi connectivity index (χ3n) is 8.62. The van der Waals surface area contributed by atoms with Gasteiger partial charge in [-0.1, -0.05) is 69.4 Å². The fourth-order valence-electron chi connectivity index (χ4n) is 6.89. The second-order valence-electron chi connectivity index (χ2n) is 10.6. The van der Waals surface area contributed by atoms with Gasteiger partial charge in [0.05, 0.1) is 0 Å². The number of allylic oxidation sites excluding steroid dienone is 2. The molecule has 0 amide bonds. The van der Waals surface area contributed by atoms with Crippen molar-refractivity contribution < 1.29 is 0 Å². The van der Waals surface area contributed by atoms with E-state index in [1.54, 1.807) is 16.7 Å². The summed E-state index contributed by atoms with van der Waals surface area (Å²) in [6, 6.07) is 7.69. The van der Waals surface area contributed by atoms with Crippen LogP contribution in [-0.4, -0.2) is 0 Å². The molecule has 2 fully saturated rings. The van der Waals surface area contributed by atoms with Crippen LogP contribution in [0, 0.1) is 23.7 Å². The molecule has 0 heteroatoms. The average Bonchev–Trinajstić information content (AvgIpc) is 2.76. The van der Waals surface area contributed by atoms with Gasteiger partial charge in [-0.2, -0.15) is 0 Å². The molecule has 0 heterocycles. The zero-order valence-corrected chi connectivity index (χ0v) is 19.2. The van der Waals surface area contributed by atoms with Crippen molar-refractivity contribution in [2.45, 2.75) is 110 Å². The molecule has 0 saturated heterocycles. The number of rotatable bonds is 7. The van der Waals surface area contributed by atoms with E-state index in [-0.39, 0.29) is 0 Å². The van der Waals surface area contributed by atoms with Crippen molar-refractivity contribution in [3.63, 3.8) is 0 Å². The maximum atomic E-state index is 2.64. The van der Waals surface area contributed by atoms with Crippen LogP contribution in [0.2, 0.25) is 0 Å². The van der Waals surface area contributed by atoms with Crippen molar-refractivity contribution in [3.8, 4) is 0 Å². The largest absolute Gasteiger partial charge is 0.0914 e. The second-order valence-corrected chi connectivity index (χ2v) is 10.6. The van der Waals surface area contributed by atoms with Crippen LogP contribution in [0.4, 0.5) is 0 Å². The Labute approximate surface area is 180 Å². The maximum absolute atomic E-state index is 2.64. The van der Waals surface area contributed by atoms with Crippen molar-refractivity contribution in [2.75, 3.05) is 0 Å². The lowest BCUT2D eigenvalue weighted by molar-refractivity contribution is 0.133. The average molecular weight is 393 g/mol. The normalized spacial score (nSPS) is 32.1. The van der Waals surface area contributed by atoms with Gasteiger partial charge in [0.1, 0.15) is 0 Å². The van der Waals surface area contributed by atoms with Gasteiger partial charge in [-0.15, -0.1) is 0 Å². The second kappa shape index (κ2) is 10.3. The summed E-state index contributed by atoms with van der Waals surface area (Å²) in [5.74, 6) is 4.67. The summed E-state index contributed by atoms with van der Waals surface area (Å²) in [4.78, 5) is 0. The molecule has 0 nitrogen and oxygen atoms in total. The van der Waals surface area contributed by atoms with Crippen molar-refractivity contribution >= 4 is 0 Å². The lowest BCUT2D eigenvalue weighted by Crippen LogP contribution is -2.30. The molecular weight excluding hydrogens is 348 g/mol. The number of fused-ring (bicyclic) bond motifs is 2. The minimum absolute atomic E-state index is 0.839. The first-order valence-electron chi connectivity index (χ1n) is 13.0.